The third kappa shape index (κ3) is 3.23. The zero-order chi connectivity index (χ0) is 19.2. The molecule has 142 valence electrons. The molecule has 0 N–H and O–H groups in total. The van der Waals surface area contributed by atoms with Crippen molar-refractivity contribution >= 4 is 21.6 Å². The van der Waals surface area contributed by atoms with E-state index in [1.807, 2.05) is 0 Å². The van der Waals surface area contributed by atoms with Crippen LogP contribution in [0.25, 0.3) is 0 Å². The van der Waals surface area contributed by atoms with E-state index < -0.39 is 27.1 Å². The molecule has 0 bridgehead atoms. The molecule has 1 atom stereocenters. The van der Waals surface area contributed by atoms with Crippen molar-refractivity contribution in [2.45, 2.75) is 17.7 Å². The van der Waals surface area contributed by atoms with Gasteiger partial charge >= 0.3 is 0 Å². The molecule has 0 aliphatic carbocycles. The van der Waals surface area contributed by atoms with Crippen LogP contribution in [-0.2, 0) is 14.8 Å². The topological polar surface area (TPSA) is 57.7 Å². The first-order valence-electron chi connectivity index (χ1n) is 8.61. The normalized spacial score (nSPS) is 23.5. The molecule has 0 radical (unpaired) electrons. The molecule has 2 aliphatic rings. The Hall–Kier alpha value is -2.32. The number of rotatable bonds is 3. The molecule has 4 rings (SSSR count). The van der Waals surface area contributed by atoms with E-state index in [0.717, 1.165) is 6.07 Å². The van der Waals surface area contributed by atoms with Crippen molar-refractivity contribution in [2.24, 2.45) is 5.41 Å². The number of carbonyl (C=O) groups excluding carboxylic acids is 1. The number of benzene rings is 2. The summed E-state index contributed by atoms with van der Waals surface area (Å²) in [7, 11) is -3.83. The van der Waals surface area contributed by atoms with Crippen LogP contribution in [0.3, 0.4) is 0 Å². The summed E-state index contributed by atoms with van der Waals surface area (Å²) >= 11 is 0. The van der Waals surface area contributed by atoms with Crippen LogP contribution in [0.2, 0.25) is 0 Å². The summed E-state index contributed by atoms with van der Waals surface area (Å²) in [5.41, 5.74) is -0.0348. The molecule has 27 heavy (non-hydrogen) atoms. The van der Waals surface area contributed by atoms with Gasteiger partial charge in [-0.05, 0) is 42.8 Å². The van der Waals surface area contributed by atoms with Gasteiger partial charge in [0, 0.05) is 37.2 Å². The number of carbonyl (C=O) groups is 1. The van der Waals surface area contributed by atoms with Gasteiger partial charge in [0.2, 0.25) is 15.9 Å². The summed E-state index contributed by atoms with van der Waals surface area (Å²) in [6.07, 6.45) is 0.734. The van der Waals surface area contributed by atoms with E-state index in [1.54, 1.807) is 6.07 Å². The fourth-order valence-corrected chi connectivity index (χ4v) is 5.51. The number of nitrogens with zero attached hydrogens (tertiary/aromatic N) is 2. The first-order chi connectivity index (χ1) is 12.8. The minimum Gasteiger partial charge on any atom is -0.312 e. The standard InChI is InChI=1S/C19H18F2N2O3S/c20-14-3-1-5-16(9-14)23-13-19(11-18(23)24)7-8-22(12-19)27(25,26)17-6-2-4-15(21)10-17/h1-6,9-10H,7-8,11-13H2/t19-/m0/s1. The van der Waals surface area contributed by atoms with Gasteiger partial charge < -0.3 is 4.90 Å². The number of hydrogen-bond acceptors (Lipinski definition) is 3. The number of anilines is 1. The van der Waals surface area contributed by atoms with Crippen LogP contribution >= 0.6 is 0 Å². The molecule has 2 heterocycles. The summed E-state index contributed by atoms with van der Waals surface area (Å²) in [5.74, 6) is -1.19. The molecule has 8 heteroatoms. The Morgan fingerprint density at radius 3 is 2.37 bits per heavy atom. The van der Waals surface area contributed by atoms with Crippen LogP contribution in [0.1, 0.15) is 12.8 Å². The molecule has 0 saturated carbocycles. The average Bonchev–Trinajstić information content (AvgIpc) is 3.19. The molecule has 2 aliphatic heterocycles. The summed E-state index contributed by atoms with van der Waals surface area (Å²) < 4.78 is 53.9. The van der Waals surface area contributed by atoms with E-state index in [-0.39, 0.29) is 30.3 Å². The molecular formula is C19H18F2N2O3S. The highest BCUT2D eigenvalue weighted by Gasteiger charge is 2.50. The molecule has 2 saturated heterocycles. The van der Waals surface area contributed by atoms with Crippen LogP contribution in [0.5, 0.6) is 0 Å². The van der Waals surface area contributed by atoms with Crippen molar-refractivity contribution in [3.05, 3.63) is 60.2 Å². The van der Waals surface area contributed by atoms with Gasteiger partial charge in [-0.1, -0.05) is 12.1 Å². The SMILES string of the molecule is O=C1C[C@]2(CCN(S(=O)(=O)c3cccc(F)c3)C2)CN1c1cccc(F)c1. The lowest BCUT2D eigenvalue weighted by atomic mass is 9.86. The summed E-state index contributed by atoms with van der Waals surface area (Å²) in [4.78, 5) is 13.9. The highest BCUT2D eigenvalue weighted by molar-refractivity contribution is 7.89. The van der Waals surface area contributed by atoms with E-state index in [1.165, 1.54) is 45.6 Å². The fraction of sp³-hybridized carbons (Fsp3) is 0.316. The molecule has 2 aromatic carbocycles. The Morgan fingerprint density at radius 1 is 0.963 bits per heavy atom. The summed E-state index contributed by atoms with van der Waals surface area (Å²) in [5, 5.41) is 0. The minimum atomic E-state index is -3.83. The molecule has 1 spiro atoms. The Balaban J connectivity index is 1.56. The van der Waals surface area contributed by atoms with Gasteiger partial charge in [0.05, 0.1) is 4.90 Å². The maximum absolute atomic E-state index is 13.5. The predicted octanol–water partition coefficient (Wildman–Crippen LogP) is 2.78. The summed E-state index contributed by atoms with van der Waals surface area (Å²) in [6.45, 7) is 0.789. The van der Waals surface area contributed by atoms with Crippen LogP contribution in [-0.4, -0.2) is 38.3 Å². The Labute approximate surface area is 156 Å². The quantitative estimate of drug-likeness (QED) is 0.807. The van der Waals surface area contributed by atoms with Crippen molar-refractivity contribution < 1.29 is 22.0 Å². The monoisotopic (exact) mass is 392 g/mol. The number of halogens is 2. The van der Waals surface area contributed by atoms with Crippen molar-refractivity contribution in [3.8, 4) is 0 Å². The Kier molecular flexibility index (Phi) is 4.27. The molecule has 2 aromatic rings. The molecular weight excluding hydrogens is 374 g/mol. The predicted molar refractivity (Wildman–Crippen MR) is 95.6 cm³/mol. The fourth-order valence-electron chi connectivity index (χ4n) is 3.92. The van der Waals surface area contributed by atoms with Gasteiger partial charge in [0.1, 0.15) is 11.6 Å². The first kappa shape index (κ1) is 18.1. The van der Waals surface area contributed by atoms with Gasteiger partial charge in [-0.2, -0.15) is 4.31 Å². The lowest BCUT2D eigenvalue weighted by molar-refractivity contribution is -0.117. The van der Waals surface area contributed by atoms with E-state index in [2.05, 4.69) is 0 Å². The van der Waals surface area contributed by atoms with Crippen molar-refractivity contribution in [2.75, 3.05) is 24.5 Å². The van der Waals surface area contributed by atoms with Crippen LogP contribution < -0.4 is 4.90 Å². The number of sulfonamides is 1. The minimum absolute atomic E-state index is 0.0918. The molecule has 5 nitrogen and oxygen atoms in total. The largest absolute Gasteiger partial charge is 0.312 e. The first-order valence-corrected chi connectivity index (χ1v) is 10.0. The second kappa shape index (κ2) is 6.38. The van der Waals surface area contributed by atoms with Crippen molar-refractivity contribution in [1.82, 2.24) is 4.31 Å². The molecule has 0 unspecified atom stereocenters. The molecule has 0 aromatic heterocycles. The second-order valence-corrected chi connectivity index (χ2v) is 9.12. The number of hydrogen-bond donors (Lipinski definition) is 0. The maximum Gasteiger partial charge on any atom is 0.243 e. The second-order valence-electron chi connectivity index (χ2n) is 7.18. The Bertz CT molecular complexity index is 1010. The van der Waals surface area contributed by atoms with E-state index in [4.69, 9.17) is 0 Å². The van der Waals surface area contributed by atoms with E-state index in [0.29, 0.717) is 18.7 Å². The maximum atomic E-state index is 13.5. The van der Waals surface area contributed by atoms with Gasteiger partial charge in [-0.15, -0.1) is 0 Å². The lowest BCUT2D eigenvalue weighted by Gasteiger charge is -2.24. The van der Waals surface area contributed by atoms with Gasteiger partial charge in [0.15, 0.2) is 0 Å². The smallest absolute Gasteiger partial charge is 0.243 e. The molecule has 2 fully saturated rings. The molecule has 1 amide bonds. The van der Waals surface area contributed by atoms with Crippen molar-refractivity contribution in [1.29, 1.82) is 0 Å². The van der Waals surface area contributed by atoms with Gasteiger partial charge in [-0.3, -0.25) is 4.79 Å². The highest BCUT2D eigenvalue weighted by Crippen LogP contribution is 2.43. The van der Waals surface area contributed by atoms with Gasteiger partial charge in [0.25, 0.3) is 0 Å². The van der Waals surface area contributed by atoms with E-state index in [9.17, 15) is 22.0 Å². The van der Waals surface area contributed by atoms with Crippen LogP contribution in [0, 0.1) is 17.0 Å². The Morgan fingerprint density at radius 2 is 1.67 bits per heavy atom. The van der Waals surface area contributed by atoms with Gasteiger partial charge in [-0.25, -0.2) is 17.2 Å². The third-order valence-corrected chi connectivity index (χ3v) is 7.12. The number of amides is 1. The average molecular weight is 392 g/mol. The lowest BCUT2D eigenvalue weighted by Crippen LogP contribution is -2.34. The highest BCUT2D eigenvalue weighted by atomic mass is 32.2. The van der Waals surface area contributed by atoms with E-state index >= 15 is 0 Å². The zero-order valence-corrected chi connectivity index (χ0v) is 15.3. The van der Waals surface area contributed by atoms with Crippen LogP contribution in [0.4, 0.5) is 14.5 Å². The van der Waals surface area contributed by atoms with Crippen molar-refractivity contribution in [3.63, 3.8) is 0 Å². The third-order valence-electron chi connectivity index (χ3n) is 5.28. The zero-order valence-electron chi connectivity index (χ0n) is 14.4. The van der Waals surface area contributed by atoms with Crippen LogP contribution in [0.15, 0.2) is 53.4 Å². The summed E-state index contributed by atoms with van der Waals surface area (Å²) in [6, 6.07) is 10.7.